The molecule has 1 amide bonds. The lowest BCUT2D eigenvalue weighted by molar-refractivity contribution is -0.117. The molecule has 3 aromatic rings. The molecule has 0 saturated heterocycles. The van der Waals surface area contributed by atoms with Gasteiger partial charge in [-0.3, -0.25) is 4.79 Å². The van der Waals surface area contributed by atoms with Crippen LogP contribution in [0.4, 0.5) is 11.4 Å². The molecule has 0 fully saturated rings. The highest BCUT2D eigenvalue weighted by atomic mass is 16.2. The molecular weight excluding hydrogens is 350 g/mol. The molecule has 2 unspecified atom stereocenters. The third-order valence-electron chi connectivity index (χ3n) is 5.24. The fourth-order valence-corrected chi connectivity index (χ4v) is 3.82. The Hall–Kier alpha value is -3.15. The minimum atomic E-state index is 0.104. The molecule has 2 aromatic carbocycles. The monoisotopic (exact) mass is 375 g/mol. The summed E-state index contributed by atoms with van der Waals surface area (Å²) in [6.07, 6.45) is 2.97. The van der Waals surface area contributed by atoms with E-state index < -0.39 is 0 Å². The maximum Gasteiger partial charge on any atom is 0.231 e. The van der Waals surface area contributed by atoms with Crippen molar-refractivity contribution in [1.29, 1.82) is 0 Å². The summed E-state index contributed by atoms with van der Waals surface area (Å²) in [6.45, 7) is 4.81. The van der Waals surface area contributed by atoms with Crippen LogP contribution in [0.15, 0.2) is 60.9 Å². The predicted molar refractivity (Wildman–Crippen MR) is 110 cm³/mol. The summed E-state index contributed by atoms with van der Waals surface area (Å²) < 4.78 is 1.98. The van der Waals surface area contributed by atoms with Gasteiger partial charge < -0.3 is 10.2 Å². The number of anilines is 2. The molecule has 4 rings (SSSR count). The number of para-hydroxylation sites is 1. The highest BCUT2D eigenvalue weighted by molar-refractivity contribution is 5.94. The lowest BCUT2D eigenvalue weighted by atomic mass is 10.1. The van der Waals surface area contributed by atoms with Gasteiger partial charge in [-0.05, 0) is 50.1 Å². The van der Waals surface area contributed by atoms with Crippen molar-refractivity contribution in [3.05, 3.63) is 72.3 Å². The van der Waals surface area contributed by atoms with Crippen molar-refractivity contribution in [2.24, 2.45) is 0 Å². The Bertz CT molecular complexity index is 935. The number of carbonyl (C=O) groups is 1. The van der Waals surface area contributed by atoms with Crippen LogP contribution in [0.5, 0.6) is 0 Å². The zero-order chi connectivity index (χ0) is 19.5. The summed E-state index contributed by atoms with van der Waals surface area (Å²) in [5.41, 5.74) is 2.97. The molecule has 0 radical (unpaired) electrons. The standard InChI is InChI=1S/C22H25N5O/c1-3-26(19-7-5-4-6-8-19)21(28)14-17-9-11-18(12-10-17)25-20-13-16(2)27-22(20)23-15-24-27/h4-12,15-16,20,25H,3,13-14H2,1-2H3. The fraction of sp³-hybridized carbons (Fsp3) is 0.318. The number of nitrogens with one attached hydrogen (secondary N) is 1. The third-order valence-corrected chi connectivity index (χ3v) is 5.24. The Morgan fingerprint density at radius 2 is 1.93 bits per heavy atom. The summed E-state index contributed by atoms with van der Waals surface area (Å²) >= 11 is 0. The van der Waals surface area contributed by atoms with Gasteiger partial charge in [-0.1, -0.05) is 30.3 Å². The van der Waals surface area contributed by atoms with Crippen molar-refractivity contribution in [3.8, 4) is 0 Å². The van der Waals surface area contributed by atoms with Crippen LogP contribution in [0.2, 0.25) is 0 Å². The average Bonchev–Trinajstić information content (AvgIpc) is 3.30. The predicted octanol–water partition coefficient (Wildman–Crippen LogP) is 3.99. The molecular formula is C22H25N5O. The minimum absolute atomic E-state index is 0.104. The van der Waals surface area contributed by atoms with Gasteiger partial charge in [0.2, 0.25) is 5.91 Å². The quantitative estimate of drug-likeness (QED) is 0.708. The molecule has 1 aliphatic rings. The molecule has 28 heavy (non-hydrogen) atoms. The van der Waals surface area contributed by atoms with E-state index in [2.05, 4.69) is 22.3 Å². The fourth-order valence-electron chi connectivity index (χ4n) is 3.82. The molecule has 1 N–H and O–H groups in total. The number of rotatable bonds is 6. The molecule has 1 aromatic heterocycles. The summed E-state index contributed by atoms with van der Waals surface area (Å²) in [7, 11) is 0. The second kappa shape index (κ2) is 7.84. The number of hydrogen-bond donors (Lipinski definition) is 1. The molecule has 0 aliphatic carbocycles. The molecule has 2 atom stereocenters. The lowest BCUT2D eigenvalue weighted by Gasteiger charge is -2.21. The number of aromatic nitrogens is 3. The Morgan fingerprint density at radius 3 is 2.64 bits per heavy atom. The summed E-state index contributed by atoms with van der Waals surface area (Å²) in [6, 6.07) is 18.4. The van der Waals surface area contributed by atoms with Crippen molar-refractivity contribution in [2.75, 3.05) is 16.8 Å². The van der Waals surface area contributed by atoms with Crippen LogP contribution in [0, 0.1) is 0 Å². The molecule has 6 heteroatoms. The summed E-state index contributed by atoms with van der Waals surface area (Å²) in [5, 5.41) is 7.82. The van der Waals surface area contributed by atoms with Gasteiger partial charge in [0, 0.05) is 17.9 Å². The van der Waals surface area contributed by atoms with Crippen LogP contribution in [0.3, 0.4) is 0 Å². The SMILES string of the molecule is CCN(C(=O)Cc1ccc(NC2CC(C)n3ncnc32)cc1)c1ccccc1. The summed E-state index contributed by atoms with van der Waals surface area (Å²) in [5.74, 6) is 1.08. The number of carbonyl (C=O) groups excluding carboxylic acids is 1. The van der Waals surface area contributed by atoms with Crippen molar-refractivity contribution in [1.82, 2.24) is 14.8 Å². The van der Waals surface area contributed by atoms with Crippen molar-refractivity contribution in [2.45, 2.75) is 38.8 Å². The van der Waals surface area contributed by atoms with Crippen molar-refractivity contribution in [3.63, 3.8) is 0 Å². The number of amides is 1. The topological polar surface area (TPSA) is 63.1 Å². The second-order valence-corrected chi connectivity index (χ2v) is 7.19. The van der Waals surface area contributed by atoms with Gasteiger partial charge in [-0.2, -0.15) is 5.10 Å². The molecule has 0 spiro atoms. The van der Waals surface area contributed by atoms with Crippen LogP contribution in [-0.4, -0.2) is 27.2 Å². The van der Waals surface area contributed by atoms with Gasteiger partial charge in [0.15, 0.2) is 0 Å². The first kappa shape index (κ1) is 18.2. The Morgan fingerprint density at radius 1 is 1.18 bits per heavy atom. The van der Waals surface area contributed by atoms with Gasteiger partial charge in [0.25, 0.3) is 0 Å². The van der Waals surface area contributed by atoms with Crippen molar-refractivity contribution >= 4 is 17.3 Å². The average molecular weight is 375 g/mol. The number of likely N-dealkylation sites (N-methyl/N-ethyl adjacent to an activating group) is 1. The molecule has 6 nitrogen and oxygen atoms in total. The van der Waals surface area contributed by atoms with Gasteiger partial charge in [0.05, 0.1) is 18.5 Å². The largest absolute Gasteiger partial charge is 0.375 e. The highest BCUT2D eigenvalue weighted by Gasteiger charge is 2.30. The highest BCUT2D eigenvalue weighted by Crippen LogP contribution is 2.34. The second-order valence-electron chi connectivity index (χ2n) is 7.19. The van der Waals surface area contributed by atoms with E-state index in [0.717, 1.165) is 29.2 Å². The maximum absolute atomic E-state index is 12.7. The Balaban J connectivity index is 1.40. The van der Waals surface area contributed by atoms with Gasteiger partial charge in [0.1, 0.15) is 12.2 Å². The van der Waals surface area contributed by atoms with E-state index in [9.17, 15) is 4.79 Å². The number of benzene rings is 2. The van der Waals surface area contributed by atoms with Gasteiger partial charge in [-0.15, -0.1) is 0 Å². The van der Waals surface area contributed by atoms with E-state index in [4.69, 9.17) is 0 Å². The molecule has 0 bridgehead atoms. The molecule has 2 heterocycles. The minimum Gasteiger partial charge on any atom is -0.375 e. The van der Waals surface area contributed by atoms with Crippen LogP contribution < -0.4 is 10.2 Å². The molecule has 0 saturated carbocycles. The third kappa shape index (κ3) is 3.63. The van der Waals surface area contributed by atoms with E-state index in [1.165, 1.54) is 0 Å². The number of hydrogen-bond acceptors (Lipinski definition) is 4. The van der Waals surface area contributed by atoms with E-state index in [0.29, 0.717) is 19.0 Å². The number of nitrogens with zero attached hydrogens (tertiary/aromatic N) is 4. The lowest BCUT2D eigenvalue weighted by Crippen LogP contribution is -2.31. The first-order valence-corrected chi connectivity index (χ1v) is 9.76. The van der Waals surface area contributed by atoms with E-state index in [1.807, 2.05) is 71.1 Å². The first-order chi connectivity index (χ1) is 13.7. The molecule has 144 valence electrons. The molecule has 1 aliphatic heterocycles. The maximum atomic E-state index is 12.7. The Labute approximate surface area is 165 Å². The number of fused-ring (bicyclic) bond motifs is 1. The normalized spacial score (nSPS) is 17.9. The first-order valence-electron chi connectivity index (χ1n) is 9.76. The van der Waals surface area contributed by atoms with Crippen LogP contribution in [0.25, 0.3) is 0 Å². The van der Waals surface area contributed by atoms with E-state index >= 15 is 0 Å². The smallest absolute Gasteiger partial charge is 0.231 e. The Kier molecular flexibility index (Phi) is 5.10. The van der Waals surface area contributed by atoms with Crippen LogP contribution >= 0.6 is 0 Å². The zero-order valence-electron chi connectivity index (χ0n) is 16.2. The zero-order valence-corrected chi connectivity index (χ0v) is 16.2. The van der Waals surface area contributed by atoms with E-state index in [1.54, 1.807) is 6.33 Å². The van der Waals surface area contributed by atoms with Gasteiger partial charge in [-0.25, -0.2) is 9.67 Å². The van der Waals surface area contributed by atoms with Gasteiger partial charge >= 0.3 is 0 Å². The van der Waals surface area contributed by atoms with Crippen LogP contribution in [-0.2, 0) is 11.2 Å². The summed E-state index contributed by atoms with van der Waals surface area (Å²) in [4.78, 5) is 18.9. The van der Waals surface area contributed by atoms with Crippen molar-refractivity contribution < 1.29 is 4.79 Å². The van der Waals surface area contributed by atoms with E-state index in [-0.39, 0.29) is 11.9 Å². The van der Waals surface area contributed by atoms with Crippen LogP contribution in [0.1, 0.15) is 43.7 Å².